The largest absolute Gasteiger partial charge is 0.479 e. The van der Waals surface area contributed by atoms with E-state index in [4.69, 9.17) is 15.1 Å². The summed E-state index contributed by atoms with van der Waals surface area (Å²) in [5, 5.41) is 19.5. The molecule has 0 aromatic heterocycles. The third kappa shape index (κ3) is 3.02. The number of hydrogen-bond acceptors (Lipinski definition) is 3. The molecule has 0 bridgehead atoms. The molecule has 0 fully saturated rings. The van der Waals surface area contributed by atoms with Gasteiger partial charge in [-0.1, -0.05) is 36.4 Å². The van der Waals surface area contributed by atoms with E-state index in [-0.39, 0.29) is 12.8 Å². The van der Waals surface area contributed by atoms with Gasteiger partial charge in [-0.25, -0.2) is 4.79 Å². The normalized spacial score (nSPS) is 11.7. The topological polar surface area (TPSA) is 70.3 Å². The highest BCUT2D eigenvalue weighted by atomic mass is 16.5. The predicted molar refractivity (Wildman–Crippen MR) is 70.8 cm³/mol. The fourth-order valence-corrected chi connectivity index (χ4v) is 1.88. The maximum absolute atomic E-state index is 11.1. The fourth-order valence-electron chi connectivity index (χ4n) is 1.88. The van der Waals surface area contributed by atoms with Gasteiger partial charge in [-0.2, -0.15) is 5.26 Å². The van der Waals surface area contributed by atoms with Gasteiger partial charge in [0.25, 0.3) is 0 Å². The number of carboxylic acid groups (broad SMARTS) is 1. The highest BCUT2D eigenvalue weighted by Crippen LogP contribution is 2.26. The molecule has 0 saturated heterocycles. The van der Waals surface area contributed by atoms with Gasteiger partial charge in [0.05, 0.1) is 6.07 Å². The van der Waals surface area contributed by atoms with Gasteiger partial charge >= 0.3 is 5.97 Å². The van der Waals surface area contributed by atoms with Crippen LogP contribution in [-0.4, -0.2) is 17.2 Å². The lowest BCUT2D eigenvalue weighted by Crippen LogP contribution is -2.26. The minimum Gasteiger partial charge on any atom is -0.479 e. The zero-order valence-corrected chi connectivity index (χ0v) is 10.2. The molecule has 0 saturated carbocycles. The Balaban J connectivity index is 2.29. The quantitative estimate of drug-likeness (QED) is 0.891. The number of rotatable bonds is 5. The number of ether oxygens (including phenoxy) is 1. The summed E-state index contributed by atoms with van der Waals surface area (Å²) in [7, 11) is 0. The van der Waals surface area contributed by atoms with Gasteiger partial charge in [0.15, 0.2) is 6.10 Å². The number of carboxylic acids is 1. The molecule has 2 aromatic carbocycles. The van der Waals surface area contributed by atoms with Crippen LogP contribution in [0.4, 0.5) is 0 Å². The van der Waals surface area contributed by atoms with Crippen molar-refractivity contribution in [1.82, 2.24) is 0 Å². The van der Waals surface area contributed by atoms with Gasteiger partial charge in [0, 0.05) is 18.2 Å². The van der Waals surface area contributed by atoms with E-state index in [2.05, 4.69) is 0 Å². The second-order valence-electron chi connectivity index (χ2n) is 4.12. The molecule has 0 radical (unpaired) electrons. The molecule has 19 heavy (non-hydrogen) atoms. The molecule has 2 aromatic rings. The summed E-state index contributed by atoms with van der Waals surface area (Å²) < 4.78 is 5.54. The van der Waals surface area contributed by atoms with E-state index in [1.54, 1.807) is 6.07 Å². The Hall–Kier alpha value is -2.54. The van der Waals surface area contributed by atoms with E-state index in [0.717, 1.165) is 10.8 Å². The summed E-state index contributed by atoms with van der Waals surface area (Å²) >= 11 is 0. The van der Waals surface area contributed by atoms with Crippen LogP contribution in [0.2, 0.25) is 0 Å². The first-order valence-corrected chi connectivity index (χ1v) is 5.96. The van der Waals surface area contributed by atoms with Gasteiger partial charge in [-0.3, -0.25) is 0 Å². The van der Waals surface area contributed by atoms with Crippen molar-refractivity contribution in [3.63, 3.8) is 0 Å². The molecular formula is C15H13NO3. The molecule has 1 N–H and O–H groups in total. The third-order valence-electron chi connectivity index (χ3n) is 2.81. The van der Waals surface area contributed by atoms with E-state index in [0.29, 0.717) is 5.75 Å². The van der Waals surface area contributed by atoms with E-state index in [9.17, 15) is 4.79 Å². The van der Waals surface area contributed by atoms with Gasteiger partial charge < -0.3 is 9.84 Å². The molecule has 4 heteroatoms. The minimum absolute atomic E-state index is 0.154. The zero-order valence-electron chi connectivity index (χ0n) is 10.2. The molecule has 0 spiro atoms. The molecule has 4 nitrogen and oxygen atoms in total. The molecule has 2 rings (SSSR count). The molecule has 1 atom stereocenters. The number of fused-ring (bicyclic) bond motifs is 1. The van der Waals surface area contributed by atoms with Crippen LogP contribution in [-0.2, 0) is 4.79 Å². The average molecular weight is 255 g/mol. The number of nitriles is 1. The number of nitrogens with zero attached hydrogens (tertiary/aromatic N) is 1. The molecule has 0 unspecified atom stereocenters. The number of benzene rings is 2. The first-order valence-electron chi connectivity index (χ1n) is 5.96. The van der Waals surface area contributed by atoms with Crippen molar-refractivity contribution in [3.8, 4) is 11.8 Å². The van der Waals surface area contributed by atoms with Crippen LogP contribution >= 0.6 is 0 Å². The van der Waals surface area contributed by atoms with Crippen LogP contribution in [0.3, 0.4) is 0 Å². The Bertz CT molecular complexity index is 625. The summed E-state index contributed by atoms with van der Waals surface area (Å²) in [6.45, 7) is 0. The molecule has 0 aliphatic carbocycles. The Morgan fingerprint density at radius 1 is 1.26 bits per heavy atom. The van der Waals surface area contributed by atoms with Crippen LogP contribution in [0.5, 0.6) is 5.75 Å². The van der Waals surface area contributed by atoms with Crippen LogP contribution < -0.4 is 4.74 Å². The maximum atomic E-state index is 11.1. The monoisotopic (exact) mass is 255 g/mol. The molecule has 0 aliphatic heterocycles. The fraction of sp³-hybridized carbons (Fsp3) is 0.200. The summed E-state index contributed by atoms with van der Waals surface area (Å²) in [5.74, 6) is -0.522. The lowest BCUT2D eigenvalue weighted by molar-refractivity contribution is -0.145. The van der Waals surface area contributed by atoms with Crippen LogP contribution in [0, 0.1) is 11.3 Å². The van der Waals surface area contributed by atoms with E-state index < -0.39 is 12.1 Å². The second-order valence-corrected chi connectivity index (χ2v) is 4.12. The Labute approximate surface area is 110 Å². The lowest BCUT2D eigenvalue weighted by atomic mass is 10.1. The first-order chi connectivity index (χ1) is 9.22. The van der Waals surface area contributed by atoms with Crippen molar-refractivity contribution in [2.75, 3.05) is 0 Å². The third-order valence-corrected chi connectivity index (χ3v) is 2.81. The molecule has 0 aliphatic rings. The average Bonchev–Trinajstić information content (AvgIpc) is 2.43. The lowest BCUT2D eigenvalue weighted by Gasteiger charge is -2.15. The van der Waals surface area contributed by atoms with Gasteiger partial charge in [0.1, 0.15) is 5.75 Å². The van der Waals surface area contributed by atoms with E-state index >= 15 is 0 Å². The maximum Gasteiger partial charge on any atom is 0.344 e. The molecule has 0 amide bonds. The zero-order chi connectivity index (χ0) is 13.7. The highest BCUT2D eigenvalue weighted by molar-refractivity contribution is 5.88. The second kappa shape index (κ2) is 5.87. The van der Waals surface area contributed by atoms with Gasteiger partial charge in [-0.05, 0) is 11.5 Å². The van der Waals surface area contributed by atoms with E-state index in [1.165, 1.54) is 0 Å². The summed E-state index contributed by atoms with van der Waals surface area (Å²) in [4.78, 5) is 11.1. The first kappa shape index (κ1) is 12.9. The van der Waals surface area contributed by atoms with Crippen molar-refractivity contribution in [1.29, 1.82) is 5.26 Å². The minimum atomic E-state index is -1.05. The van der Waals surface area contributed by atoms with Crippen molar-refractivity contribution in [2.24, 2.45) is 0 Å². The number of aliphatic carboxylic acids is 1. The van der Waals surface area contributed by atoms with Crippen LogP contribution in [0.25, 0.3) is 10.8 Å². The number of carbonyl (C=O) groups is 1. The number of hydrogen-bond donors (Lipinski definition) is 1. The van der Waals surface area contributed by atoms with Gasteiger partial charge in [0.2, 0.25) is 0 Å². The standard InChI is InChI=1S/C15H13NO3/c16-10-4-9-14(15(17)18)19-13-8-3-6-11-5-1-2-7-12(11)13/h1-3,5-8,14H,4,9H2,(H,17,18)/t14-/m1/s1. The Morgan fingerprint density at radius 3 is 2.74 bits per heavy atom. The highest BCUT2D eigenvalue weighted by Gasteiger charge is 2.19. The molecule has 0 heterocycles. The van der Waals surface area contributed by atoms with E-state index in [1.807, 2.05) is 42.5 Å². The molecular weight excluding hydrogens is 242 g/mol. The smallest absolute Gasteiger partial charge is 0.344 e. The van der Waals surface area contributed by atoms with Gasteiger partial charge in [-0.15, -0.1) is 0 Å². The summed E-state index contributed by atoms with van der Waals surface area (Å²) in [6.07, 6.45) is -0.665. The Morgan fingerprint density at radius 2 is 2.00 bits per heavy atom. The van der Waals surface area contributed by atoms with Crippen molar-refractivity contribution < 1.29 is 14.6 Å². The van der Waals surface area contributed by atoms with Crippen LogP contribution in [0.1, 0.15) is 12.8 Å². The van der Waals surface area contributed by atoms with Crippen LogP contribution in [0.15, 0.2) is 42.5 Å². The van der Waals surface area contributed by atoms with Crippen molar-refractivity contribution in [3.05, 3.63) is 42.5 Å². The Kier molecular flexibility index (Phi) is 3.99. The summed E-state index contributed by atoms with van der Waals surface area (Å²) in [5.41, 5.74) is 0. The molecule has 96 valence electrons. The summed E-state index contributed by atoms with van der Waals surface area (Å²) in [6, 6.07) is 15.0. The predicted octanol–water partition coefficient (Wildman–Crippen LogP) is 2.98. The van der Waals surface area contributed by atoms with Crippen molar-refractivity contribution >= 4 is 16.7 Å². The SMILES string of the molecule is N#CCC[C@@H](Oc1cccc2ccccc12)C(=O)O. The van der Waals surface area contributed by atoms with Crippen molar-refractivity contribution in [2.45, 2.75) is 18.9 Å².